The summed E-state index contributed by atoms with van der Waals surface area (Å²) >= 11 is 0. The Kier molecular flexibility index (Phi) is 4.13. The summed E-state index contributed by atoms with van der Waals surface area (Å²) in [6.07, 6.45) is 3.84. The van der Waals surface area contributed by atoms with Crippen molar-refractivity contribution in [3.8, 4) is 5.75 Å². The van der Waals surface area contributed by atoms with Crippen LogP contribution in [0.15, 0.2) is 59.5 Å². The van der Waals surface area contributed by atoms with Crippen LogP contribution in [0.2, 0.25) is 0 Å². The predicted molar refractivity (Wildman–Crippen MR) is 96.8 cm³/mol. The van der Waals surface area contributed by atoms with Crippen molar-refractivity contribution in [2.24, 2.45) is 0 Å². The van der Waals surface area contributed by atoms with Crippen LogP contribution in [-0.4, -0.2) is 20.6 Å². The molecule has 1 aliphatic heterocycles. The molecule has 0 radical (unpaired) electrons. The largest absolute Gasteiger partial charge is 0.483 e. The van der Waals surface area contributed by atoms with Gasteiger partial charge in [-0.25, -0.2) is 8.42 Å². The molecule has 1 aliphatic rings. The standard InChI is InChI=1S/C19H21NO3S/c1-4-20(16-8-6-5-7-9-16)24(21,22)17-10-11-18-15(14-17)12-13-19(2,3)23-18/h5-14H,4H2,1-3H3. The molecule has 0 atom stereocenters. The number of sulfonamides is 1. The fourth-order valence-corrected chi connectivity index (χ4v) is 4.24. The highest BCUT2D eigenvalue weighted by molar-refractivity contribution is 7.92. The summed E-state index contributed by atoms with van der Waals surface area (Å²) in [6, 6.07) is 14.1. The molecular weight excluding hydrogens is 322 g/mol. The van der Waals surface area contributed by atoms with Crippen molar-refractivity contribution in [2.75, 3.05) is 10.8 Å². The molecule has 0 aromatic heterocycles. The molecule has 0 bridgehead atoms. The second kappa shape index (κ2) is 5.98. The van der Waals surface area contributed by atoms with Gasteiger partial charge in [0.1, 0.15) is 11.4 Å². The first-order valence-electron chi connectivity index (χ1n) is 7.93. The van der Waals surface area contributed by atoms with Crippen LogP contribution < -0.4 is 9.04 Å². The van der Waals surface area contributed by atoms with E-state index in [0.29, 0.717) is 18.0 Å². The van der Waals surface area contributed by atoms with Gasteiger partial charge in [-0.2, -0.15) is 0 Å². The molecule has 0 fully saturated rings. The van der Waals surface area contributed by atoms with Crippen LogP contribution in [0, 0.1) is 0 Å². The lowest BCUT2D eigenvalue weighted by atomic mass is 10.0. The molecule has 2 aromatic rings. The van der Waals surface area contributed by atoms with Crippen LogP contribution in [0.4, 0.5) is 5.69 Å². The van der Waals surface area contributed by atoms with E-state index in [1.165, 1.54) is 4.31 Å². The lowest BCUT2D eigenvalue weighted by Crippen LogP contribution is -2.31. The molecule has 126 valence electrons. The molecule has 0 unspecified atom stereocenters. The number of rotatable bonds is 4. The van der Waals surface area contributed by atoms with Crippen LogP contribution >= 0.6 is 0 Å². The normalized spacial score (nSPS) is 15.5. The van der Waals surface area contributed by atoms with Gasteiger partial charge in [0.05, 0.1) is 10.6 Å². The molecule has 2 aromatic carbocycles. The lowest BCUT2D eigenvalue weighted by molar-refractivity contribution is 0.159. The summed E-state index contributed by atoms with van der Waals surface area (Å²) in [5.41, 5.74) is 1.05. The SMILES string of the molecule is CCN(c1ccccc1)S(=O)(=O)c1ccc2c(c1)C=CC(C)(C)O2. The quantitative estimate of drug-likeness (QED) is 0.840. The fourth-order valence-electron chi connectivity index (χ4n) is 2.73. The van der Waals surface area contributed by atoms with Crippen molar-refractivity contribution >= 4 is 21.8 Å². The molecule has 1 heterocycles. The minimum atomic E-state index is -3.62. The minimum absolute atomic E-state index is 0.264. The second-order valence-corrected chi connectivity index (χ2v) is 8.11. The number of hydrogen-bond donors (Lipinski definition) is 0. The van der Waals surface area contributed by atoms with E-state index in [9.17, 15) is 8.42 Å². The third-order valence-corrected chi connectivity index (χ3v) is 5.84. The zero-order valence-corrected chi connectivity index (χ0v) is 14.9. The zero-order chi connectivity index (χ0) is 17.4. The third-order valence-electron chi connectivity index (χ3n) is 3.94. The van der Waals surface area contributed by atoms with E-state index in [-0.39, 0.29) is 10.5 Å². The highest BCUT2D eigenvalue weighted by Crippen LogP contribution is 2.33. The summed E-state index contributed by atoms with van der Waals surface area (Å²) in [7, 11) is -3.62. The van der Waals surface area contributed by atoms with Crippen LogP contribution in [0.25, 0.3) is 6.08 Å². The maximum Gasteiger partial charge on any atom is 0.264 e. The Morgan fingerprint density at radius 3 is 2.46 bits per heavy atom. The zero-order valence-electron chi connectivity index (χ0n) is 14.1. The molecule has 24 heavy (non-hydrogen) atoms. The molecule has 0 N–H and O–H groups in total. The van der Waals surface area contributed by atoms with Crippen LogP contribution in [0.5, 0.6) is 5.75 Å². The third kappa shape index (κ3) is 3.04. The van der Waals surface area contributed by atoms with Gasteiger partial charge in [0, 0.05) is 12.1 Å². The van der Waals surface area contributed by atoms with E-state index >= 15 is 0 Å². The Bertz CT molecular complexity index is 871. The molecule has 4 nitrogen and oxygen atoms in total. The topological polar surface area (TPSA) is 46.6 Å². The summed E-state index contributed by atoms with van der Waals surface area (Å²) in [6.45, 7) is 6.12. The average Bonchev–Trinajstić information content (AvgIpc) is 2.55. The van der Waals surface area contributed by atoms with Gasteiger partial charge in [0.25, 0.3) is 10.0 Å². The number of anilines is 1. The van der Waals surface area contributed by atoms with Gasteiger partial charge in [-0.05, 0) is 57.2 Å². The number of para-hydroxylation sites is 1. The molecule has 0 saturated carbocycles. The Morgan fingerprint density at radius 2 is 1.79 bits per heavy atom. The van der Waals surface area contributed by atoms with E-state index in [1.807, 2.05) is 51.1 Å². The van der Waals surface area contributed by atoms with Crippen molar-refractivity contribution in [3.63, 3.8) is 0 Å². The van der Waals surface area contributed by atoms with Crippen LogP contribution in [-0.2, 0) is 10.0 Å². The summed E-state index contributed by atoms with van der Waals surface area (Å²) in [5, 5.41) is 0. The summed E-state index contributed by atoms with van der Waals surface area (Å²) < 4.78 is 33.3. The maximum atomic E-state index is 13.0. The van der Waals surface area contributed by atoms with Crippen molar-refractivity contribution in [1.29, 1.82) is 0 Å². The Hall–Kier alpha value is -2.27. The van der Waals surface area contributed by atoms with Crippen LogP contribution in [0.3, 0.4) is 0 Å². The molecular formula is C19H21NO3S. The van der Waals surface area contributed by atoms with Crippen molar-refractivity contribution in [2.45, 2.75) is 31.3 Å². The van der Waals surface area contributed by atoms with E-state index in [2.05, 4.69) is 0 Å². The van der Waals surface area contributed by atoms with Gasteiger partial charge in [0.15, 0.2) is 0 Å². The van der Waals surface area contributed by atoms with Gasteiger partial charge in [0.2, 0.25) is 0 Å². The summed E-state index contributed by atoms with van der Waals surface area (Å²) in [5.74, 6) is 0.698. The van der Waals surface area contributed by atoms with Crippen molar-refractivity contribution in [3.05, 3.63) is 60.2 Å². The highest BCUT2D eigenvalue weighted by atomic mass is 32.2. The molecule has 3 rings (SSSR count). The number of nitrogens with zero attached hydrogens (tertiary/aromatic N) is 1. The molecule has 0 saturated heterocycles. The van der Waals surface area contributed by atoms with E-state index in [1.54, 1.807) is 30.3 Å². The second-order valence-electron chi connectivity index (χ2n) is 6.24. The van der Waals surface area contributed by atoms with Crippen molar-refractivity contribution in [1.82, 2.24) is 0 Å². The smallest absolute Gasteiger partial charge is 0.264 e. The van der Waals surface area contributed by atoms with E-state index < -0.39 is 10.0 Å². The maximum absolute atomic E-state index is 13.0. The lowest BCUT2D eigenvalue weighted by Gasteiger charge is -2.28. The first kappa shape index (κ1) is 16.6. The molecule has 5 heteroatoms. The van der Waals surface area contributed by atoms with Gasteiger partial charge in [-0.15, -0.1) is 0 Å². The molecule has 0 amide bonds. The summed E-state index contributed by atoms with van der Waals surface area (Å²) in [4.78, 5) is 0.264. The number of ether oxygens (including phenoxy) is 1. The minimum Gasteiger partial charge on any atom is -0.483 e. The van der Waals surface area contributed by atoms with Crippen molar-refractivity contribution < 1.29 is 13.2 Å². The number of fused-ring (bicyclic) bond motifs is 1. The Labute approximate surface area is 143 Å². The average molecular weight is 343 g/mol. The van der Waals surface area contributed by atoms with Gasteiger partial charge in [-0.1, -0.05) is 24.3 Å². The van der Waals surface area contributed by atoms with Gasteiger partial charge in [-0.3, -0.25) is 4.31 Å². The highest BCUT2D eigenvalue weighted by Gasteiger charge is 2.27. The first-order valence-corrected chi connectivity index (χ1v) is 9.37. The molecule has 0 aliphatic carbocycles. The fraction of sp³-hybridized carbons (Fsp3) is 0.263. The van der Waals surface area contributed by atoms with Gasteiger partial charge < -0.3 is 4.74 Å². The van der Waals surface area contributed by atoms with E-state index in [0.717, 1.165) is 5.56 Å². The van der Waals surface area contributed by atoms with E-state index in [4.69, 9.17) is 4.74 Å². The van der Waals surface area contributed by atoms with Crippen LogP contribution in [0.1, 0.15) is 26.3 Å². The predicted octanol–water partition coefficient (Wildman–Crippen LogP) is 4.09. The first-order chi connectivity index (χ1) is 11.3. The monoisotopic (exact) mass is 343 g/mol. The Morgan fingerprint density at radius 1 is 1.08 bits per heavy atom. The number of hydrogen-bond acceptors (Lipinski definition) is 3. The molecule has 0 spiro atoms. The Balaban J connectivity index is 2.02. The number of benzene rings is 2. The van der Waals surface area contributed by atoms with Gasteiger partial charge >= 0.3 is 0 Å².